The summed E-state index contributed by atoms with van der Waals surface area (Å²) in [7, 11) is 0. The highest BCUT2D eigenvalue weighted by molar-refractivity contribution is 7.98. The number of carboxylic acids is 1. The Morgan fingerprint density at radius 3 is 1.93 bits per heavy atom. The first-order chi connectivity index (χ1) is 20.2. The maximum atomic E-state index is 13.2. The van der Waals surface area contributed by atoms with Gasteiger partial charge in [-0.25, -0.2) is 4.79 Å². The predicted octanol–water partition coefficient (Wildman–Crippen LogP) is 2.07. The number of thioether (sulfide) groups is 1. The van der Waals surface area contributed by atoms with Gasteiger partial charge < -0.3 is 36.8 Å². The van der Waals surface area contributed by atoms with Crippen LogP contribution in [-0.4, -0.2) is 74.9 Å². The standard InChI is InChI=1S/C30H36N6O5S/c1-17(34-28(38)22(31)13-18-15-32-23-9-5-3-7-20(18)23)27(37)35-25(11-12-42-2)29(39)36-26(30(40)41)14-19-16-33-24-10-6-4-8-21(19)24/h3-10,15-17,22,25-26,32-33H,11-14,31H2,1-2H3,(H,34,38)(H,35,37)(H,36,39)(H,40,41). The van der Waals surface area contributed by atoms with E-state index in [-0.39, 0.29) is 19.3 Å². The zero-order valence-corrected chi connectivity index (χ0v) is 24.3. The number of H-pyrrole nitrogens is 2. The molecule has 222 valence electrons. The summed E-state index contributed by atoms with van der Waals surface area (Å²) < 4.78 is 0. The average molecular weight is 593 g/mol. The van der Waals surface area contributed by atoms with Crippen molar-refractivity contribution in [1.29, 1.82) is 0 Å². The molecule has 0 aliphatic carbocycles. The number of aliphatic carboxylic acids is 1. The Bertz CT molecular complexity index is 1570. The van der Waals surface area contributed by atoms with Crippen LogP contribution in [0, 0.1) is 0 Å². The number of nitrogens with one attached hydrogen (secondary N) is 5. The van der Waals surface area contributed by atoms with Gasteiger partial charge in [-0.3, -0.25) is 14.4 Å². The molecule has 11 nitrogen and oxygen atoms in total. The number of fused-ring (bicyclic) bond motifs is 2. The predicted molar refractivity (Wildman–Crippen MR) is 164 cm³/mol. The van der Waals surface area contributed by atoms with Crippen molar-refractivity contribution in [2.75, 3.05) is 12.0 Å². The lowest BCUT2D eigenvalue weighted by Crippen LogP contribution is -2.56. The lowest BCUT2D eigenvalue weighted by molar-refractivity contribution is -0.142. The molecule has 42 heavy (non-hydrogen) atoms. The summed E-state index contributed by atoms with van der Waals surface area (Å²) >= 11 is 1.49. The van der Waals surface area contributed by atoms with Crippen LogP contribution in [0.1, 0.15) is 24.5 Å². The van der Waals surface area contributed by atoms with Crippen LogP contribution in [0.25, 0.3) is 21.8 Å². The first-order valence-electron chi connectivity index (χ1n) is 13.7. The molecule has 0 fully saturated rings. The maximum absolute atomic E-state index is 13.2. The van der Waals surface area contributed by atoms with Crippen LogP contribution in [-0.2, 0) is 32.0 Å². The number of hydrogen-bond donors (Lipinski definition) is 7. The Balaban J connectivity index is 1.36. The van der Waals surface area contributed by atoms with Crippen molar-refractivity contribution in [3.63, 3.8) is 0 Å². The molecule has 4 aromatic rings. The van der Waals surface area contributed by atoms with Crippen molar-refractivity contribution >= 4 is 57.3 Å². The molecule has 0 radical (unpaired) electrons. The summed E-state index contributed by atoms with van der Waals surface area (Å²) in [6, 6.07) is 11.1. The van der Waals surface area contributed by atoms with E-state index in [1.807, 2.05) is 61.0 Å². The molecule has 4 atom stereocenters. The summed E-state index contributed by atoms with van der Waals surface area (Å²) in [4.78, 5) is 57.3. The number of rotatable bonds is 14. The second-order valence-electron chi connectivity index (χ2n) is 10.2. The van der Waals surface area contributed by atoms with Crippen LogP contribution in [0.4, 0.5) is 0 Å². The van der Waals surface area contributed by atoms with Crippen LogP contribution in [0.15, 0.2) is 60.9 Å². The normalized spacial score (nSPS) is 14.2. The van der Waals surface area contributed by atoms with Crippen LogP contribution >= 0.6 is 11.8 Å². The summed E-state index contributed by atoms with van der Waals surface area (Å²) in [5.74, 6) is -2.33. The van der Waals surface area contributed by atoms with Gasteiger partial charge >= 0.3 is 5.97 Å². The lowest BCUT2D eigenvalue weighted by atomic mass is 10.0. The molecule has 0 aliphatic rings. The smallest absolute Gasteiger partial charge is 0.326 e. The Labute approximate surface area is 247 Å². The summed E-state index contributed by atoms with van der Waals surface area (Å²) in [5, 5.41) is 19.6. The van der Waals surface area contributed by atoms with Gasteiger partial charge in [0.15, 0.2) is 0 Å². The maximum Gasteiger partial charge on any atom is 0.326 e. The van der Waals surface area contributed by atoms with E-state index >= 15 is 0 Å². The molecule has 12 heteroatoms. The van der Waals surface area contributed by atoms with Crippen molar-refractivity contribution in [3.8, 4) is 0 Å². The minimum atomic E-state index is -1.20. The number of hydrogen-bond acceptors (Lipinski definition) is 6. The summed E-state index contributed by atoms with van der Waals surface area (Å²) in [5.41, 5.74) is 9.60. The van der Waals surface area contributed by atoms with E-state index in [4.69, 9.17) is 5.73 Å². The molecule has 0 aliphatic heterocycles. The van der Waals surface area contributed by atoms with Crippen molar-refractivity contribution < 1.29 is 24.3 Å². The zero-order chi connectivity index (χ0) is 30.2. The van der Waals surface area contributed by atoms with Crippen molar-refractivity contribution in [1.82, 2.24) is 25.9 Å². The third kappa shape index (κ3) is 7.51. The fraction of sp³-hybridized carbons (Fsp3) is 0.333. The number of carboxylic acid groups (broad SMARTS) is 1. The Morgan fingerprint density at radius 2 is 1.36 bits per heavy atom. The minimum absolute atomic E-state index is 0.0645. The van der Waals surface area contributed by atoms with E-state index in [0.29, 0.717) is 5.75 Å². The Kier molecular flexibility index (Phi) is 10.3. The quantitative estimate of drug-likeness (QED) is 0.117. The topological polar surface area (TPSA) is 182 Å². The molecule has 2 aromatic heterocycles. The van der Waals surface area contributed by atoms with Crippen LogP contribution < -0.4 is 21.7 Å². The highest BCUT2D eigenvalue weighted by Gasteiger charge is 2.29. The van der Waals surface area contributed by atoms with E-state index in [0.717, 1.165) is 32.9 Å². The SMILES string of the molecule is CSCCC(NC(=O)C(C)NC(=O)C(N)Cc1c[nH]c2ccccc12)C(=O)NC(Cc1c[nH]c2ccccc12)C(=O)O. The van der Waals surface area contributed by atoms with Crippen molar-refractivity contribution in [2.45, 2.75) is 50.4 Å². The van der Waals surface area contributed by atoms with Gasteiger partial charge in [-0.2, -0.15) is 11.8 Å². The second-order valence-corrected chi connectivity index (χ2v) is 11.2. The van der Waals surface area contributed by atoms with Gasteiger partial charge in [0, 0.05) is 40.6 Å². The third-order valence-electron chi connectivity index (χ3n) is 7.16. The molecule has 4 unspecified atom stereocenters. The van der Waals surface area contributed by atoms with E-state index in [1.54, 1.807) is 6.20 Å². The molecule has 2 heterocycles. The van der Waals surface area contributed by atoms with Crippen molar-refractivity contribution in [2.24, 2.45) is 5.73 Å². The molecule has 0 saturated carbocycles. The van der Waals surface area contributed by atoms with E-state index in [2.05, 4.69) is 25.9 Å². The Morgan fingerprint density at radius 1 is 0.810 bits per heavy atom. The highest BCUT2D eigenvalue weighted by atomic mass is 32.2. The summed E-state index contributed by atoms with van der Waals surface area (Å²) in [6.07, 6.45) is 6.02. The molecular weight excluding hydrogens is 556 g/mol. The van der Waals surface area contributed by atoms with Gasteiger partial charge in [-0.1, -0.05) is 36.4 Å². The number of aromatic amines is 2. The van der Waals surface area contributed by atoms with Crippen LogP contribution in [0.3, 0.4) is 0 Å². The van der Waals surface area contributed by atoms with Crippen LogP contribution in [0.2, 0.25) is 0 Å². The first kappa shape index (κ1) is 30.7. The number of carbonyl (C=O) groups excluding carboxylic acids is 3. The van der Waals surface area contributed by atoms with Crippen molar-refractivity contribution in [3.05, 3.63) is 72.1 Å². The van der Waals surface area contributed by atoms with Gasteiger partial charge in [-0.15, -0.1) is 0 Å². The number of para-hydroxylation sites is 2. The zero-order valence-electron chi connectivity index (χ0n) is 23.5. The number of benzene rings is 2. The average Bonchev–Trinajstić information content (AvgIpc) is 3.58. The fourth-order valence-corrected chi connectivity index (χ4v) is 5.28. The van der Waals surface area contributed by atoms with E-state index in [9.17, 15) is 24.3 Å². The Hall–Kier alpha value is -4.29. The molecule has 2 aromatic carbocycles. The number of nitrogens with two attached hydrogens (primary N) is 1. The van der Waals surface area contributed by atoms with Crippen LogP contribution in [0.5, 0.6) is 0 Å². The van der Waals surface area contributed by atoms with E-state index < -0.39 is 47.9 Å². The van der Waals surface area contributed by atoms with Gasteiger partial charge in [-0.05, 0) is 55.0 Å². The fourth-order valence-electron chi connectivity index (χ4n) is 4.81. The highest BCUT2D eigenvalue weighted by Crippen LogP contribution is 2.20. The largest absolute Gasteiger partial charge is 0.480 e. The molecule has 0 spiro atoms. The van der Waals surface area contributed by atoms with Gasteiger partial charge in [0.2, 0.25) is 17.7 Å². The monoisotopic (exact) mass is 592 g/mol. The molecule has 8 N–H and O–H groups in total. The number of aromatic nitrogens is 2. The molecule has 0 bridgehead atoms. The number of carbonyl (C=O) groups is 4. The van der Waals surface area contributed by atoms with Gasteiger partial charge in [0.05, 0.1) is 6.04 Å². The van der Waals surface area contributed by atoms with Gasteiger partial charge in [0.1, 0.15) is 18.1 Å². The summed E-state index contributed by atoms with van der Waals surface area (Å²) in [6.45, 7) is 1.51. The molecule has 3 amide bonds. The minimum Gasteiger partial charge on any atom is -0.480 e. The van der Waals surface area contributed by atoms with E-state index in [1.165, 1.54) is 18.7 Å². The molecule has 0 saturated heterocycles. The number of amides is 3. The molecular formula is C30H36N6O5S. The third-order valence-corrected chi connectivity index (χ3v) is 7.80. The lowest BCUT2D eigenvalue weighted by Gasteiger charge is -2.23. The second kappa shape index (κ2) is 14.1. The molecule has 4 rings (SSSR count). The van der Waals surface area contributed by atoms with Gasteiger partial charge in [0.25, 0.3) is 0 Å². The first-order valence-corrected chi connectivity index (χ1v) is 15.1.